The molecule has 116 valence electrons. The highest BCUT2D eigenvalue weighted by Gasteiger charge is 2.47. The summed E-state index contributed by atoms with van der Waals surface area (Å²) >= 11 is 1.39. The lowest BCUT2D eigenvalue weighted by Crippen LogP contribution is -2.47. The van der Waals surface area contributed by atoms with Crippen LogP contribution in [-0.4, -0.2) is 41.0 Å². The number of hydrogen-bond donors (Lipinski definition) is 1. The number of aryl methyl sites for hydroxylation is 1. The highest BCUT2D eigenvalue weighted by Crippen LogP contribution is 2.38. The van der Waals surface area contributed by atoms with Crippen molar-refractivity contribution < 1.29 is 18.3 Å². The van der Waals surface area contributed by atoms with E-state index in [1.165, 1.54) is 22.1 Å². The van der Waals surface area contributed by atoms with E-state index in [2.05, 4.69) is 0 Å². The second-order valence-electron chi connectivity index (χ2n) is 5.42. The number of carbonyl (C=O) groups is 1. The first-order chi connectivity index (χ1) is 9.76. The van der Waals surface area contributed by atoms with E-state index in [1.807, 2.05) is 13.8 Å². The maximum atomic E-state index is 12.9. The van der Waals surface area contributed by atoms with Gasteiger partial charge in [-0.15, -0.1) is 11.8 Å². The molecule has 0 spiro atoms. The highest BCUT2D eigenvalue weighted by atomic mass is 32.2. The number of rotatable bonds is 4. The van der Waals surface area contributed by atoms with Crippen molar-refractivity contribution in [2.45, 2.75) is 37.1 Å². The predicted octanol–water partition coefficient (Wildman–Crippen LogP) is 2.17. The summed E-state index contributed by atoms with van der Waals surface area (Å²) in [5.74, 6) is -0.774. The molecule has 1 fully saturated rings. The van der Waals surface area contributed by atoms with Gasteiger partial charge in [-0.2, -0.15) is 4.31 Å². The molecule has 1 N–H and O–H groups in total. The maximum absolute atomic E-state index is 12.9. The Morgan fingerprint density at radius 3 is 2.52 bits per heavy atom. The van der Waals surface area contributed by atoms with Gasteiger partial charge in [-0.25, -0.2) is 8.42 Å². The monoisotopic (exact) mass is 329 g/mol. The van der Waals surface area contributed by atoms with Gasteiger partial charge in [0.2, 0.25) is 10.0 Å². The molecular formula is C14H19NO4S2. The van der Waals surface area contributed by atoms with Crippen LogP contribution in [0.3, 0.4) is 0 Å². The van der Waals surface area contributed by atoms with E-state index in [0.717, 1.165) is 0 Å². The number of aliphatic carboxylic acids is 1. The summed E-state index contributed by atoms with van der Waals surface area (Å²) in [5.41, 5.74) is 0.626. The predicted molar refractivity (Wildman–Crippen MR) is 82.7 cm³/mol. The topological polar surface area (TPSA) is 74.7 Å². The van der Waals surface area contributed by atoms with E-state index >= 15 is 0 Å². The lowest BCUT2D eigenvalue weighted by molar-refractivity contribution is -0.140. The first-order valence-electron chi connectivity index (χ1n) is 6.70. The summed E-state index contributed by atoms with van der Waals surface area (Å²) in [6, 6.07) is 5.66. The summed E-state index contributed by atoms with van der Waals surface area (Å²) in [4.78, 5) is 11.6. The number of sulfonamides is 1. The lowest BCUT2D eigenvalue weighted by Gasteiger charge is -2.29. The Morgan fingerprint density at radius 1 is 1.38 bits per heavy atom. The standard InChI is InChI=1S/C14H19NO4S2/c1-9(2)13-15(11(8-20-13)14(16)17)21(18,19)12-7-5-4-6-10(12)3/h4-7,9,11,13H,8H2,1-3H3,(H,16,17). The number of carboxylic acid groups (broad SMARTS) is 1. The fraction of sp³-hybridized carbons (Fsp3) is 0.500. The molecule has 0 aliphatic carbocycles. The Labute approximate surface area is 129 Å². The van der Waals surface area contributed by atoms with Crippen LogP contribution < -0.4 is 0 Å². The van der Waals surface area contributed by atoms with Crippen LogP contribution in [0.4, 0.5) is 0 Å². The largest absolute Gasteiger partial charge is 0.480 e. The maximum Gasteiger partial charge on any atom is 0.322 e. The van der Waals surface area contributed by atoms with Crippen LogP contribution in [0, 0.1) is 12.8 Å². The molecule has 0 bridgehead atoms. The van der Waals surface area contributed by atoms with Gasteiger partial charge in [0.05, 0.1) is 10.3 Å². The van der Waals surface area contributed by atoms with Crippen LogP contribution in [0.5, 0.6) is 0 Å². The van der Waals surface area contributed by atoms with E-state index in [9.17, 15) is 18.3 Å². The Balaban J connectivity index is 2.53. The molecule has 0 saturated carbocycles. The second kappa shape index (κ2) is 5.98. The van der Waals surface area contributed by atoms with Gasteiger partial charge in [0.25, 0.3) is 0 Å². The first kappa shape index (κ1) is 16.3. The fourth-order valence-corrected chi connectivity index (χ4v) is 6.39. The van der Waals surface area contributed by atoms with Crippen molar-refractivity contribution in [1.29, 1.82) is 0 Å². The summed E-state index contributed by atoms with van der Waals surface area (Å²) < 4.78 is 27.0. The average Bonchev–Trinajstić information content (AvgIpc) is 2.84. The average molecular weight is 329 g/mol. The van der Waals surface area contributed by atoms with Crippen LogP contribution in [0.15, 0.2) is 29.2 Å². The normalized spacial score (nSPS) is 23.6. The number of hydrogen-bond acceptors (Lipinski definition) is 4. The fourth-order valence-electron chi connectivity index (χ4n) is 2.44. The summed E-state index contributed by atoms with van der Waals surface area (Å²) in [6.07, 6.45) is 0. The van der Waals surface area contributed by atoms with Crippen molar-refractivity contribution >= 4 is 27.8 Å². The molecule has 2 unspecified atom stereocenters. The number of benzene rings is 1. The van der Waals surface area contributed by atoms with Crippen molar-refractivity contribution in [1.82, 2.24) is 4.31 Å². The molecule has 7 heteroatoms. The molecule has 1 aliphatic heterocycles. The van der Waals surface area contributed by atoms with Crippen LogP contribution in [0.25, 0.3) is 0 Å². The third kappa shape index (κ3) is 2.95. The molecule has 1 aliphatic rings. The molecule has 1 aromatic rings. The minimum atomic E-state index is -3.83. The Hall–Kier alpha value is -1.05. The Bertz CT molecular complexity index is 642. The van der Waals surface area contributed by atoms with Crippen molar-refractivity contribution in [2.75, 3.05) is 5.75 Å². The lowest BCUT2D eigenvalue weighted by atomic mass is 10.2. The second-order valence-corrected chi connectivity index (χ2v) is 8.38. The van der Waals surface area contributed by atoms with Crippen LogP contribution >= 0.6 is 11.8 Å². The number of nitrogens with zero attached hydrogens (tertiary/aromatic N) is 1. The van der Waals surface area contributed by atoms with Gasteiger partial charge in [-0.1, -0.05) is 32.0 Å². The third-order valence-electron chi connectivity index (χ3n) is 3.49. The van der Waals surface area contributed by atoms with E-state index in [4.69, 9.17) is 0 Å². The molecule has 5 nitrogen and oxygen atoms in total. The minimum Gasteiger partial charge on any atom is -0.480 e. The SMILES string of the molecule is Cc1ccccc1S(=O)(=O)N1C(C(=O)O)CSC1C(C)C. The zero-order valence-corrected chi connectivity index (χ0v) is 13.8. The summed E-state index contributed by atoms with van der Waals surface area (Å²) in [7, 11) is -3.83. The summed E-state index contributed by atoms with van der Waals surface area (Å²) in [6.45, 7) is 5.53. The van der Waals surface area contributed by atoms with Crippen molar-refractivity contribution in [3.63, 3.8) is 0 Å². The third-order valence-corrected chi connectivity index (χ3v) is 7.29. The zero-order valence-electron chi connectivity index (χ0n) is 12.2. The van der Waals surface area contributed by atoms with Crippen LogP contribution in [0.1, 0.15) is 19.4 Å². The van der Waals surface area contributed by atoms with E-state index in [0.29, 0.717) is 5.56 Å². The van der Waals surface area contributed by atoms with Gasteiger partial charge in [0, 0.05) is 5.75 Å². The van der Waals surface area contributed by atoms with Gasteiger partial charge >= 0.3 is 5.97 Å². The molecule has 21 heavy (non-hydrogen) atoms. The molecular weight excluding hydrogens is 310 g/mol. The van der Waals surface area contributed by atoms with Gasteiger partial charge in [-0.05, 0) is 24.5 Å². The van der Waals surface area contributed by atoms with Crippen LogP contribution in [-0.2, 0) is 14.8 Å². The van der Waals surface area contributed by atoms with E-state index in [-0.39, 0.29) is 21.9 Å². The zero-order chi connectivity index (χ0) is 15.8. The molecule has 0 radical (unpaired) electrons. The Kier molecular flexibility index (Phi) is 4.65. The molecule has 1 heterocycles. The molecule has 0 aromatic heterocycles. The van der Waals surface area contributed by atoms with Gasteiger partial charge in [-0.3, -0.25) is 4.79 Å². The summed E-state index contributed by atoms with van der Waals surface area (Å²) in [5, 5.41) is 8.99. The van der Waals surface area contributed by atoms with Crippen molar-refractivity contribution in [2.24, 2.45) is 5.92 Å². The number of thioether (sulfide) groups is 1. The molecule has 1 aromatic carbocycles. The van der Waals surface area contributed by atoms with E-state index < -0.39 is 22.0 Å². The smallest absolute Gasteiger partial charge is 0.322 e. The van der Waals surface area contributed by atoms with Gasteiger partial charge < -0.3 is 5.11 Å². The molecule has 2 rings (SSSR count). The highest BCUT2D eigenvalue weighted by molar-refractivity contribution is 8.01. The van der Waals surface area contributed by atoms with Crippen LogP contribution in [0.2, 0.25) is 0 Å². The van der Waals surface area contributed by atoms with Crippen molar-refractivity contribution in [3.8, 4) is 0 Å². The first-order valence-corrected chi connectivity index (χ1v) is 9.19. The van der Waals surface area contributed by atoms with Crippen molar-refractivity contribution in [3.05, 3.63) is 29.8 Å². The van der Waals surface area contributed by atoms with Gasteiger partial charge in [0.1, 0.15) is 6.04 Å². The molecule has 1 saturated heterocycles. The van der Waals surface area contributed by atoms with E-state index in [1.54, 1.807) is 25.1 Å². The Morgan fingerprint density at radius 2 is 2.00 bits per heavy atom. The van der Waals surface area contributed by atoms with Gasteiger partial charge in [0.15, 0.2) is 0 Å². The minimum absolute atomic E-state index is 0.0399. The molecule has 0 amide bonds. The quantitative estimate of drug-likeness (QED) is 0.916. The molecule has 2 atom stereocenters. The number of carboxylic acids is 1.